The molecule has 148 valence electrons. The standard InChI is InChI=1S/C21H19ClN4O3/c1-13-19(20(25-29-13)16-4-2-3-5-17(16)22)21(28)24-14-6-8-15(9-7-14)26-11-10-23-18(27)12-26/h2-9H,10-12H2,1H3,(H,23,27)(H,24,28). The van der Waals surface area contributed by atoms with Crippen molar-refractivity contribution in [2.75, 3.05) is 29.9 Å². The zero-order valence-corrected chi connectivity index (χ0v) is 16.5. The molecule has 1 fully saturated rings. The molecule has 1 saturated heterocycles. The molecule has 1 aliphatic heterocycles. The van der Waals surface area contributed by atoms with E-state index in [2.05, 4.69) is 15.8 Å². The Bertz CT molecular complexity index is 1060. The molecule has 29 heavy (non-hydrogen) atoms. The monoisotopic (exact) mass is 410 g/mol. The van der Waals surface area contributed by atoms with E-state index in [0.29, 0.717) is 46.4 Å². The van der Waals surface area contributed by atoms with Crippen LogP contribution in [-0.4, -0.2) is 36.6 Å². The van der Waals surface area contributed by atoms with Crippen LogP contribution in [0.1, 0.15) is 16.1 Å². The lowest BCUT2D eigenvalue weighted by molar-refractivity contribution is -0.120. The topological polar surface area (TPSA) is 87.5 Å². The summed E-state index contributed by atoms with van der Waals surface area (Å²) in [5.41, 5.74) is 2.94. The van der Waals surface area contributed by atoms with Gasteiger partial charge in [0.15, 0.2) is 0 Å². The number of hydrogen-bond acceptors (Lipinski definition) is 5. The predicted octanol–water partition coefficient (Wildman–Crippen LogP) is 3.49. The minimum Gasteiger partial charge on any atom is -0.360 e. The molecule has 0 bridgehead atoms. The summed E-state index contributed by atoms with van der Waals surface area (Å²) in [6.07, 6.45) is 0. The van der Waals surface area contributed by atoms with Crippen LogP contribution in [0, 0.1) is 6.92 Å². The molecular formula is C21H19ClN4O3. The van der Waals surface area contributed by atoms with Crippen molar-refractivity contribution in [3.05, 3.63) is 64.9 Å². The lowest BCUT2D eigenvalue weighted by atomic mass is 10.1. The highest BCUT2D eigenvalue weighted by atomic mass is 35.5. The molecule has 0 saturated carbocycles. The third-order valence-electron chi connectivity index (χ3n) is 4.75. The summed E-state index contributed by atoms with van der Waals surface area (Å²) >= 11 is 6.26. The van der Waals surface area contributed by atoms with Gasteiger partial charge in [-0.25, -0.2) is 0 Å². The second-order valence-electron chi connectivity index (χ2n) is 6.71. The molecule has 7 nitrogen and oxygen atoms in total. The van der Waals surface area contributed by atoms with Gasteiger partial charge in [0.05, 0.1) is 11.6 Å². The van der Waals surface area contributed by atoms with Gasteiger partial charge in [-0.1, -0.05) is 35.0 Å². The van der Waals surface area contributed by atoms with Gasteiger partial charge in [0.2, 0.25) is 5.91 Å². The third-order valence-corrected chi connectivity index (χ3v) is 5.08. The van der Waals surface area contributed by atoms with E-state index in [9.17, 15) is 9.59 Å². The van der Waals surface area contributed by atoms with Crippen LogP contribution in [0.25, 0.3) is 11.3 Å². The summed E-state index contributed by atoms with van der Waals surface area (Å²) in [4.78, 5) is 26.5. The number of aryl methyl sites for hydroxylation is 1. The predicted molar refractivity (Wildman–Crippen MR) is 111 cm³/mol. The lowest BCUT2D eigenvalue weighted by Crippen LogP contribution is -2.47. The number of carbonyl (C=O) groups excluding carboxylic acids is 2. The van der Waals surface area contributed by atoms with Gasteiger partial charge in [0.1, 0.15) is 17.0 Å². The third kappa shape index (κ3) is 3.95. The molecule has 2 aromatic carbocycles. The molecule has 0 radical (unpaired) electrons. The van der Waals surface area contributed by atoms with Gasteiger partial charge in [0, 0.05) is 30.0 Å². The SMILES string of the molecule is Cc1onc(-c2ccccc2Cl)c1C(=O)Nc1ccc(N2CCNC(=O)C2)cc1. The maximum Gasteiger partial charge on any atom is 0.261 e. The van der Waals surface area contributed by atoms with Crippen molar-refractivity contribution < 1.29 is 14.1 Å². The minimum atomic E-state index is -0.330. The van der Waals surface area contributed by atoms with Crippen LogP contribution >= 0.6 is 11.6 Å². The van der Waals surface area contributed by atoms with Gasteiger partial charge < -0.3 is 20.1 Å². The number of piperazine rings is 1. The molecule has 0 unspecified atom stereocenters. The summed E-state index contributed by atoms with van der Waals surface area (Å²) < 4.78 is 5.26. The zero-order chi connectivity index (χ0) is 20.4. The van der Waals surface area contributed by atoms with E-state index in [1.165, 1.54) is 0 Å². The molecule has 0 aliphatic carbocycles. The molecule has 2 heterocycles. The molecule has 1 aromatic heterocycles. The number of nitrogens with zero attached hydrogens (tertiary/aromatic N) is 2. The van der Waals surface area contributed by atoms with Gasteiger partial charge in [-0.15, -0.1) is 0 Å². The fourth-order valence-corrected chi connectivity index (χ4v) is 3.51. The first-order valence-corrected chi connectivity index (χ1v) is 9.55. The van der Waals surface area contributed by atoms with Gasteiger partial charge in [-0.2, -0.15) is 0 Å². The maximum atomic E-state index is 12.9. The van der Waals surface area contributed by atoms with Crippen LogP contribution in [0.2, 0.25) is 5.02 Å². The molecule has 4 rings (SSSR count). The van der Waals surface area contributed by atoms with Crippen molar-refractivity contribution in [3.63, 3.8) is 0 Å². The Morgan fingerprint density at radius 2 is 1.97 bits per heavy atom. The van der Waals surface area contributed by atoms with Crippen LogP contribution in [0.3, 0.4) is 0 Å². The fraction of sp³-hybridized carbons (Fsp3) is 0.190. The second-order valence-corrected chi connectivity index (χ2v) is 7.12. The first-order valence-electron chi connectivity index (χ1n) is 9.17. The average Bonchev–Trinajstić information content (AvgIpc) is 3.10. The average molecular weight is 411 g/mol. The Kier molecular flexibility index (Phi) is 5.22. The number of halogens is 1. The Balaban J connectivity index is 1.54. The van der Waals surface area contributed by atoms with Crippen molar-refractivity contribution in [1.29, 1.82) is 0 Å². The highest BCUT2D eigenvalue weighted by Gasteiger charge is 2.23. The molecular weight excluding hydrogens is 392 g/mol. The number of carbonyl (C=O) groups is 2. The first kappa shape index (κ1) is 19.0. The van der Waals surface area contributed by atoms with Crippen molar-refractivity contribution in [2.45, 2.75) is 6.92 Å². The van der Waals surface area contributed by atoms with Crippen LogP contribution in [-0.2, 0) is 4.79 Å². The molecule has 8 heteroatoms. The molecule has 0 spiro atoms. The number of hydrogen-bond donors (Lipinski definition) is 2. The molecule has 1 aliphatic rings. The molecule has 2 N–H and O–H groups in total. The minimum absolute atomic E-state index is 0.00339. The lowest BCUT2D eigenvalue weighted by Gasteiger charge is -2.28. The summed E-state index contributed by atoms with van der Waals surface area (Å²) in [6, 6.07) is 14.5. The van der Waals surface area contributed by atoms with Crippen molar-refractivity contribution in [1.82, 2.24) is 10.5 Å². The van der Waals surface area contributed by atoms with E-state index in [4.69, 9.17) is 16.1 Å². The summed E-state index contributed by atoms with van der Waals surface area (Å²) in [5, 5.41) is 10.2. The van der Waals surface area contributed by atoms with Crippen LogP contribution in [0.5, 0.6) is 0 Å². The number of nitrogens with one attached hydrogen (secondary N) is 2. The number of rotatable bonds is 4. The fourth-order valence-electron chi connectivity index (χ4n) is 3.28. The summed E-state index contributed by atoms with van der Waals surface area (Å²) in [5.74, 6) is 0.0841. The van der Waals surface area contributed by atoms with Crippen LogP contribution < -0.4 is 15.5 Å². The Morgan fingerprint density at radius 3 is 2.69 bits per heavy atom. The van der Waals surface area contributed by atoms with Gasteiger partial charge in [-0.05, 0) is 37.3 Å². The zero-order valence-electron chi connectivity index (χ0n) is 15.7. The Morgan fingerprint density at radius 1 is 1.21 bits per heavy atom. The van der Waals surface area contributed by atoms with E-state index >= 15 is 0 Å². The highest BCUT2D eigenvalue weighted by molar-refractivity contribution is 6.33. The Hall–Kier alpha value is -3.32. The van der Waals surface area contributed by atoms with E-state index in [-0.39, 0.29) is 11.8 Å². The smallest absolute Gasteiger partial charge is 0.261 e. The maximum absolute atomic E-state index is 12.9. The van der Waals surface area contributed by atoms with E-state index in [1.807, 2.05) is 29.2 Å². The van der Waals surface area contributed by atoms with Crippen LogP contribution in [0.4, 0.5) is 11.4 Å². The Labute approximate surface area is 172 Å². The molecule has 2 amide bonds. The van der Waals surface area contributed by atoms with Gasteiger partial charge in [-0.3, -0.25) is 9.59 Å². The largest absolute Gasteiger partial charge is 0.360 e. The first-order chi connectivity index (χ1) is 14.0. The van der Waals surface area contributed by atoms with Gasteiger partial charge >= 0.3 is 0 Å². The number of anilines is 2. The summed E-state index contributed by atoms with van der Waals surface area (Å²) in [7, 11) is 0. The van der Waals surface area contributed by atoms with Gasteiger partial charge in [0.25, 0.3) is 5.91 Å². The number of aromatic nitrogens is 1. The number of amides is 2. The quantitative estimate of drug-likeness (QED) is 0.687. The second kappa shape index (κ2) is 7.97. The van der Waals surface area contributed by atoms with E-state index in [0.717, 1.165) is 12.2 Å². The molecule has 3 aromatic rings. The normalized spacial score (nSPS) is 13.9. The summed E-state index contributed by atoms with van der Waals surface area (Å²) in [6.45, 7) is 3.38. The highest BCUT2D eigenvalue weighted by Crippen LogP contribution is 2.31. The molecule has 0 atom stereocenters. The van der Waals surface area contributed by atoms with E-state index in [1.54, 1.807) is 31.2 Å². The van der Waals surface area contributed by atoms with Crippen LogP contribution in [0.15, 0.2) is 53.1 Å². The van der Waals surface area contributed by atoms with Crippen molar-refractivity contribution in [2.24, 2.45) is 0 Å². The van der Waals surface area contributed by atoms with E-state index < -0.39 is 0 Å². The number of benzene rings is 2. The van der Waals surface area contributed by atoms with Crippen molar-refractivity contribution >= 4 is 34.8 Å². The van der Waals surface area contributed by atoms with Crippen molar-refractivity contribution in [3.8, 4) is 11.3 Å².